The number of hydrogen-bond donors (Lipinski definition) is 1. The summed E-state index contributed by atoms with van der Waals surface area (Å²) in [6, 6.07) is 8.45. The van der Waals surface area contributed by atoms with Crippen molar-refractivity contribution in [1.82, 2.24) is 5.32 Å². The minimum Gasteiger partial charge on any atom is -0.316 e. The van der Waals surface area contributed by atoms with Gasteiger partial charge in [0.25, 0.3) is 0 Å². The first kappa shape index (κ1) is 15.9. The number of hydrogen-bond acceptors (Lipinski definition) is 1. The third-order valence-electron chi connectivity index (χ3n) is 4.36. The fourth-order valence-corrected chi connectivity index (χ4v) is 3.49. The molecule has 1 saturated carbocycles. The lowest BCUT2D eigenvalue weighted by molar-refractivity contribution is 0.418. The van der Waals surface area contributed by atoms with E-state index in [1.807, 2.05) is 6.07 Å². The molecule has 2 rings (SSSR count). The molecule has 1 aromatic rings. The molecular weight excluding hydrogens is 266 g/mol. The Kier molecular flexibility index (Phi) is 6.38. The molecule has 0 bridgehead atoms. The van der Waals surface area contributed by atoms with E-state index in [0.29, 0.717) is 11.8 Å². The van der Waals surface area contributed by atoms with Gasteiger partial charge in [-0.3, -0.25) is 0 Å². The van der Waals surface area contributed by atoms with Gasteiger partial charge in [0.05, 0.1) is 0 Å². The molecule has 1 atom stereocenters. The molecule has 0 aromatic heterocycles. The lowest BCUT2D eigenvalue weighted by atomic mass is 9.88. The molecule has 1 fully saturated rings. The topological polar surface area (TPSA) is 12.0 Å². The quantitative estimate of drug-likeness (QED) is 0.724. The van der Waals surface area contributed by atoms with Crippen molar-refractivity contribution < 1.29 is 0 Å². The standard InChI is InChI=1S/C18H28ClN/c1-14(2)12-20-13-17(10-15-6-3-4-7-15)16-8-5-9-18(19)11-16/h5,8-9,11,14-15,17,20H,3-4,6-7,10,12-13H2,1-2H3. The van der Waals surface area contributed by atoms with E-state index >= 15 is 0 Å². The number of rotatable bonds is 7. The fraction of sp³-hybridized carbons (Fsp3) is 0.667. The lowest BCUT2D eigenvalue weighted by Crippen LogP contribution is -2.26. The van der Waals surface area contributed by atoms with Crippen LogP contribution >= 0.6 is 11.6 Å². The molecule has 0 radical (unpaired) electrons. The van der Waals surface area contributed by atoms with Gasteiger partial charge < -0.3 is 5.32 Å². The molecular formula is C18H28ClN. The van der Waals surface area contributed by atoms with E-state index in [-0.39, 0.29) is 0 Å². The molecule has 0 amide bonds. The highest BCUT2D eigenvalue weighted by Gasteiger charge is 2.21. The zero-order valence-electron chi connectivity index (χ0n) is 12.9. The molecule has 0 aliphatic heterocycles. The molecule has 1 N–H and O–H groups in total. The molecule has 1 nitrogen and oxygen atoms in total. The summed E-state index contributed by atoms with van der Waals surface area (Å²) in [6.07, 6.45) is 6.99. The van der Waals surface area contributed by atoms with Crippen LogP contribution in [0.2, 0.25) is 5.02 Å². The first-order valence-electron chi connectivity index (χ1n) is 8.11. The van der Waals surface area contributed by atoms with Gasteiger partial charge in [-0.2, -0.15) is 0 Å². The van der Waals surface area contributed by atoms with Crippen LogP contribution < -0.4 is 5.32 Å². The highest BCUT2D eigenvalue weighted by atomic mass is 35.5. The van der Waals surface area contributed by atoms with Gasteiger partial charge in [0.1, 0.15) is 0 Å². The molecule has 1 unspecified atom stereocenters. The monoisotopic (exact) mass is 293 g/mol. The van der Waals surface area contributed by atoms with E-state index in [4.69, 9.17) is 11.6 Å². The first-order chi connectivity index (χ1) is 9.65. The molecule has 1 aromatic carbocycles. The van der Waals surface area contributed by atoms with Crippen molar-refractivity contribution >= 4 is 11.6 Å². The molecule has 1 aliphatic rings. The van der Waals surface area contributed by atoms with Gasteiger partial charge in [-0.25, -0.2) is 0 Å². The van der Waals surface area contributed by atoms with E-state index in [0.717, 1.165) is 24.0 Å². The van der Waals surface area contributed by atoms with Crippen LogP contribution in [0.25, 0.3) is 0 Å². The van der Waals surface area contributed by atoms with Crippen LogP contribution in [0.3, 0.4) is 0 Å². The van der Waals surface area contributed by atoms with E-state index in [9.17, 15) is 0 Å². The van der Waals surface area contributed by atoms with E-state index in [2.05, 4.69) is 37.4 Å². The van der Waals surface area contributed by atoms with E-state index < -0.39 is 0 Å². The minimum atomic E-state index is 0.607. The van der Waals surface area contributed by atoms with E-state index in [1.165, 1.54) is 37.7 Å². The Morgan fingerprint density at radius 1 is 1.20 bits per heavy atom. The summed E-state index contributed by atoms with van der Waals surface area (Å²) < 4.78 is 0. The van der Waals surface area contributed by atoms with Crippen LogP contribution in [0.4, 0.5) is 0 Å². The Morgan fingerprint density at radius 3 is 2.60 bits per heavy atom. The highest BCUT2D eigenvalue weighted by Crippen LogP contribution is 2.34. The number of benzene rings is 1. The van der Waals surface area contributed by atoms with Crippen molar-refractivity contribution in [3.8, 4) is 0 Å². The van der Waals surface area contributed by atoms with Gasteiger partial charge in [0, 0.05) is 11.6 Å². The van der Waals surface area contributed by atoms with Crippen LogP contribution in [0.5, 0.6) is 0 Å². The molecule has 2 heteroatoms. The van der Waals surface area contributed by atoms with Crippen LogP contribution in [0.15, 0.2) is 24.3 Å². The summed E-state index contributed by atoms with van der Waals surface area (Å²) in [6.45, 7) is 6.70. The maximum absolute atomic E-state index is 6.17. The van der Waals surface area contributed by atoms with Crippen molar-refractivity contribution in [1.29, 1.82) is 0 Å². The normalized spacial score (nSPS) is 17.8. The van der Waals surface area contributed by atoms with Crippen molar-refractivity contribution in [2.24, 2.45) is 11.8 Å². The van der Waals surface area contributed by atoms with Gasteiger partial charge in [-0.15, -0.1) is 0 Å². The second-order valence-electron chi connectivity index (χ2n) is 6.69. The smallest absolute Gasteiger partial charge is 0.0408 e. The zero-order valence-corrected chi connectivity index (χ0v) is 13.6. The molecule has 0 saturated heterocycles. The average Bonchev–Trinajstić information content (AvgIpc) is 2.90. The highest BCUT2D eigenvalue weighted by molar-refractivity contribution is 6.30. The molecule has 1 aliphatic carbocycles. The zero-order chi connectivity index (χ0) is 14.4. The Labute approximate surface area is 129 Å². The Bertz CT molecular complexity index is 396. The van der Waals surface area contributed by atoms with Gasteiger partial charge in [0.15, 0.2) is 0 Å². The summed E-state index contributed by atoms with van der Waals surface area (Å²) in [5.74, 6) is 2.23. The Morgan fingerprint density at radius 2 is 1.95 bits per heavy atom. The largest absolute Gasteiger partial charge is 0.316 e. The van der Waals surface area contributed by atoms with Crippen molar-refractivity contribution in [2.45, 2.75) is 51.9 Å². The van der Waals surface area contributed by atoms with Crippen molar-refractivity contribution in [3.63, 3.8) is 0 Å². The molecule has 0 heterocycles. The third kappa shape index (κ3) is 5.10. The summed E-state index contributed by atoms with van der Waals surface area (Å²) >= 11 is 6.17. The fourth-order valence-electron chi connectivity index (χ4n) is 3.29. The summed E-state index contributed by atoms with van der Waals surface area (Å²) in [7, 11) is 0. The van der Waals surface area contributed by atoms with Gasteiger partial charge in [-0.1, -0.05) is 63.3 Å². The van der Waals surface area contributed by atoms with Gasteiger partial charge >= 0.3 is 0 Å². The van der Waals surface area contributed by atoms with Crippen LogP contribution in [0, 0.1) is 11.8 Å². The van der Waals surface area contributed by atoms with E-state index in [1.54, 1.807) is 0 Å². The summed E-state index contributed by atoms with van der Waals surface area (Å²) in [4.78, 5) is 0. The van der Waals surface area contributed by atoms with Crippen LogP contribution in [-0.4, -0.2) is 13.1 Å². The third-order valence-corrected chi connectivity index (χ3v) is 4.59. The Hall–Kier alpha value is -0.530. The second kappa shape index (κ2) is 8.05. The van der Waals surface area contributed by atoms with Crippen LogP contribution in [-0.2, 0) is 0 Å². The second-order valence-corrected chi connectivity index (χ2v) is 7.13. The maximum atomic E-state index is 6.17. The first-order valence-corrected chi connectivity index (χ1v) is 8.49. The predicted molar refractivity (Wildman–Crippen MR) is 88.5 cm³/mol. The molecule has 20 heavy (non-hydrogen) atoms. The van der Waals surface area contributed by atoms with Crippen LogP contribution in [0.1, 0.15) is 57.4 Å². The number of halogens is 1. The van der Waals surface area contributed by atoms with Gasteiger partial charge in [0.2, 0.25) is 0 Å². The lowest BCUT2D eigenvalue weighted by Gasteiger charge is -2.22. The predicted octanol–water partition coefficient (Wildman–Crippen LogP) is 5.25. The van der Waals surface area contributed by atoms with Crippen molar-refractivity contribution in [3.05, 3.63) is 34.9 Å². The number of nitrogens with one attached hydrogen (secondary N) is 1. The summed E-state index contributed by atoms with van der Waals surface area (Å²) in [5.41, 5.74) is 1.40. The maximum Gasteiger partial charge on any atom is 0.0408 e. The Balaban J connectivity index is 1.98. The van der Waals surface area contributed by atoms with Gasteiger partial charge in [-0.05, 0) is 48.4 Å². The van der Waals surface area contributed by atoms with Crippen molar-refractivity contribution in [2.75, 3.05) is 13.1 Å². The molecule has 112 valence electrons. The minimum absolute atomic E-state index is 0.607. The molecule has 0 spiro atoms. The average molecular weight is 294 g/mol. The SMILES string of the molecule is CC(C)CNCC(CC1CCCC1)c1cccc(Cl)c1. The summed E-state index contributed by atoms with van der Waals surface area (Å²) in [5, 5.41) is 4.50.